The van der Waals surface area contributed by atoms with Gasteiger partial charge in [0.2, 0.25) is 0 Å². The Kier molecular flexibility index (Phi) is 20.5. The fraction of sp³-hybridized carbons (Fsp3) is 0.324. The second-order valence-corrected chi connectivity index (χ2v) is 36.0. The van der Waals surface area contributed by atoms with E-state index in [0.717, 1.165) is 46.6 Å². The van der Waals surface area contributed by atoms with Gasteiger partial charge in [0.25, 0.3) is 0 Å². The summed E-state index contributed by atoms with van der Waals surface area (Å²) in [6, 6.07) is 85.0. The molecule has 108 heavy (non-hydrogen) atoms. The number of aryl methyl sites for hydroxylation is 1. The maximum absolute atomic E-state index is 5.04. The maximum Gasteiger partial charge on any atom is 0.0204 e. The van der Waals surface area contributed by atoms with Crippen LogP contribution in [0.2, 0.25) is 0 Å². The average molecular weight is 1950 g/mol. The van der Waals surface area contributed by atoms with Crippen LogP contribution in [0.25, 0.3) is 44.9 Å². The van der Waals surface area contributed by atoms with Crippen molar-refractivity contribution in [3.63, 3.8) is 0 Å². The number of nitrogens with zero attached hydrogens (tertiary/aromatic N) is 3. The van der Waals surface area contributed by atoms with Gasteiger partial charge in [0.1, 0.15) is 0 Å². The summed E-state index contributed by atoms with van der Waals surface area (Å²) in [6.07, 6.45) is 8.18. The molecule has 0 amide bonds. The summed E-state index contributed by atoms with van der Waals surface area (Å²) in [5, 5.41) is 0. The van der Waals surface area contributed by atoms with Gasteiger partial charge in [-0.25, -0.2) is 0 Å². The minimum atomic E-state index is -0.157. The monoisotopic (exact) mass is 1950 g/mol. The number of rotatable bonds is 3. The van der Waals surface area contributed by atoms with Gasteiger partial charge in [-0.05, 0) is 169 Å². The van der Waals surface area contributed by atoms with Crippen molar-refractivity contribution in [3.05, 3.63) is 359 Å². The third kappa shape index (κ3) is 12.0. The predicted molar refractivity (Wildman–Crippen MR) is 439 cm³/mol. The first kappa shape index (κ1) is 79.9. The molecule has 3 nitrogen and oxygen atoms in total. The molecule has 0 N–H and O–H groups in total. The molecule has 12 aromatic rings. The zero-order valence-electron chi connectivity index (χ0n) is 66.0. The molecule has 3 radical (unpaired) electrons. The van der Waals surface area contributed by atoms with Crippen LogP contribution < -0.4 is 0 Å². The predicted octanol–water partition coefficient (Wildman–Crippen LogP) is 24.9. The molecule has 0 saturated carbocycles. The topological polar surface area (TPSA) is 38.7 Å². The molecule has 9 aromatic carbocycles. The molecule has 0 fully saturated rings. The molecule has 3 aromatic heterocycles. The first-order valence-corrected chi connectivity index (χ1v) is 37.9. The Morgan fingerprint density at radius 3 is 0.981 bits per heavy atom. The van der Waals surface area contributed by atoms with Crippen molar-refractivity contribution in [2.24, 2.45) is 0 Å². The van der Waals surface area contributed by atoms with E-state index in [1.807, 2.05) is 12.4 Å². The van der Waals surface area contributed by atoms with Gasteiger partial charge in [0, 0.05) is 101 Å². The zero-order chi connectivity index (χ0) is 73.4. The van der Waals surface area contributed by atoms with E-state index < -0.39 is 0 Å². The number of hydrogen-bond donors (Lipinski definition) is 0. The van der Waals surface area contributed by atoms with Crippen LogP contribution in [-0.4, -0.2) is 15.0 Å². The van der Waals surface area contributed by atoms with Crippen LogP contribution in [0.3, 0.4) is 0 Å². The van der Waals surface area contributed by atoms with E-state index in [4.69, 9.17) is 15.0 Å². The number of aromatic nitrogens is 3. The molecule has 0 atom stereocenters. The third-order valence-corrected chi connectivity index (χ3v) is 26.6. The minimum Gasteiger partial charge on any atom is -0.304 e. The Balaban J connectivity index is 0.000000149. The summed E-state index contributed by atoms with van der Waals surface area (Å²) < 4.78 is 0. The first-order valence-electron chi connectivity index (χ1n) is 37.9. The molecule has 6 aliphatic carbocycles. The van der Waals surface area contributed by atoms with Gasteiger partial charge < -0.3 is 15.0 Å². The summed E-state index contributed by atoms with van der Waals surface area (Å²) in [5.74, 6) is 0. The molecule has 3 heterocycles. The molecule has 0 bridgehead atoms. The number of benzene rings is 9. The summed E-state index contributed by atoms with van der Waals surface area (Å²) >= 11 is 0. The van der Waals surface area contributed by atoms with Crippen LogP contribution >= 0.6 is 0 Å². The minimum absolute atomic E-state index is 0. The Hall–Kier alpha value is -7.62. The van der Waals surface area contributed by atoms with Crippen molar-refractivity contribution in [1.29, 1.82) is 0 Å². The standard InChI is InChI=1S/2C35H36N.C31H28N.CH4.3Ir/c1-32(2)23-13-9-10-14-24(23)33(3,4)28-19-22(17-18-27(28)32)31-20-29-30(21-36-31)35(7,8)26-16-12-11-15-25(26)34(29,5)6;1-32(2)23-13-9-10-14-24(23)34(5,6)29-21-22(17-18-27(29)32)31-30-28(19-20-36-31)33(3,4)25-15-11-12-16-26(25)35(30,7)8;1-30(2)25-11-7-8-12-26(25)31(3,4)28-19-21(14-16-27(28)30)29-24-15-13-20-9-5-6-10-22(20)23(24)17-18-32-29;;;;/h2*9-16,18-21H,1-8H3;5-12,16-19H,13,15H2,1-4H3;1H4;;;/q3*-1;;;;. The number of fused-ring (bicyclic) bond motifs is 13. The molecule has 0 spiro atoms. The Morgan fingerprint density at radius 2 is 0.565 bits per heavy atom. The fourth-order valence-corrected chi connectivity index (χ4v) is 20.2. The SMILES string of the molecule is C.CC1(C)c2c[c-]c(-c3cc4c(cn3)C(C)(C)c3ccccc3C4(C)C)cc2C(C)(C)c2ccccc21.CC1(C)c2c[c-]c(-c3nccc4c3C(C)(C)c3ccccc3C4(C)C)cc2C(C)(C)c2ccccc21.CC1(C)c2c[c-]c(-c3nccc4c3CCc3ccccc3-4)cc2C(C)(C)c2ccccc21.[Ir].[Ir].[Ir]. The van der Waals surface area contributed by atoms with Crippen molar-refractivity contribution < 1.29 is 60.3 Å². The van der Waals surface area contributed by atoms with Crippen LogP contribution in [0.1, 0.15) is 268 Å². The van der Waals surface area contributed by atoms with Gasteiger partial charge in [-0.2, -0.15) is 0 Å². The Morgan fingerprint density at radius 1 is 0.259 bits per heavy atom. The van der Waals surface area contributed by atoms with Crippen LogP contribution in [-0.2, 0) is 127 Å². The summed E-state index contributed by atoms with van der Waals surface area (Å²) in [5.41, 5.74) is 38.9. The second-order valence-electron chi connectivity index (χ2n) is 36.0. The maximum atomic E-state index is 5.04. The molecule has 557 valence electrons. The number of hydrogen-bond acceptors (Lipinski definition) is 3. The van der Waals surface area contributed by atoms with Crippen molar-refractivity contribution in [3.8, 4) is 44.9 Å². The molecule has 18 rings (SSSR count). The number of pyridine rings is 3. The van der Waals surface area contributed by atoms with Gasteiger partial charge in [-0.15, -0.1) is 105 Å². The molecular formula is C102H104Ir3N3-3. The van der Waals surface area contributed by atoms with Gasteiger partial charge in [0.05, 0.1) is 0 Å². The third-order valence-electron chi connectivity index (χ3n) is 26.6. The van der Waals surface area contributed by atoms with Crippen LogP contribution in [0, 0.1) is 18.2 Å². The van der Waals surface area contributed by atoms with Crippen LogP contribution in [0.15, 0.2) is 219 Å². The van der Waals surface area contributed by atoms with Crippen molar-refractivity contribution in [2.75, 3.05) is 0 Å². The quantitative estimate of drug-likeness (QED) is 0.166. The van der Waals surface area contributed by atoms with Crippen molar-refractivity contribution >= 4 is 0 Å². The smallest absolute Gasteiger partial charge is 0.0204 e. The zero-order valence-corrected chi connectivity index (χ0v) is 73.2. The first-order chi connectivity index (χ1) is 49.2. The van der Waals surface area contributed by atoms with E-state index in [-0.39, 0.29) is 122 Å². The Labute approximate surface area is 686 Å². The molecule has 0 saturated heterocycles. The summed E-state index contributed by atoms with van der Waals surface area (Å²) in [7, 11) is 0. The van der Waals surface area contributed by atoms with Crippen molar-refractivity contribution in [2.45, 2.75) is 213 Å². The molecule has 0 aliphatic heterocycles. The Bertz CT molecular complexity index is 5390. The van der Waals surface area contributed by atoms with Gasteiger partial charge in [0.15, 0.2) is 0 Å². The summed E-state index contributed by atoms with van der Waals surface area (Å²) in [6.45, 7) is 47.0. The second kappa shape index (κ2) is 27.7. The molecule has 0 unspecified atom stereocenters. The van der Waals surface area contributed by atoms with Gasteiger partial charge >= 0.3 is 0 Å². The molecule has 6 aliphatic rings. The van der Waals surface area contributed by atoms with E-state index in [1.54, 1.807) is 0 Å². The van der Waals surface area contributed by atoms with E-state index in [0.29, 0.717) is 0 Å². The average Bonchev–Trinajstić information content (AvgIpc) is 0.720. The fourth-order valence-electron chi connectivity index (χ4n) is 20.2. The van der Waals surface area contributed by atoms with E-state index in [9.17, 15) is 0 Å². The van der Waals surface area contributed by atoms with E-state index in [1.165, 1.54) is 134 Å². The van der Waals surface area contributed by atoms with Gasteiger partial charge in [-0.3, -0.25) is 0 Å². The van der Waals surface area contributed by atoms with E-state index >= 15 is 0 Å². The molecular weight excluding hydrogens is 1840 g/mol. The largest absolute Gasteiger partial charge is 0.304 e. The van der Waals surface area contributed by atoms with Crippen LogP contribution in [0.5, 0.6) is 0 Å². The van der Waals surface area contributed by atoms with Crippen LogP contribution in [0.4, 0.5) is 0 Å². The van der Waals surface area contributed by atoms with E-state index in [2.05, 4.69) is 363 Å². The molecule has 6 heteroatoms. The van der Waals surface area contributed by atoms with Crippen molar-refractivity contribution in [1.82, 2.24) is 15.0 Å². The van der Waals surface area contributed by atoms with Gasteiger partial charge in [-0.1, -0.05) is 303 Å². The summed E-state index contributed by atoms with van der Waals surface area (Å²) in [4.78, 5) is 15.0. The normalized spacial score (nSPS) is 18.0.